The van der Waals surface area contributed by atoms with Crippen LogP contribution >= 0.6 is 11.8 Å². The van der Waals surface area contributed by atoms with E-state index in [1.54, 1.807) is 7.11 Å². The van der Waals surface area contributed by atoms with Crippen molar-refractivity contribution in [2.45, 2.75) is 36.4 Å². The Labute approximate surface area is 190 Å². The molecule has 1 saturated heterocycles. The third kappa shape index (κ3) is 4.53. The Morgan fingerprint density at radius 2 is 1.84 bits per heavy atom. The van der Waals surface area contributed by atoms with Crippen LogP contribution in [-0.4, -0.2) is 44.8 Å². The Hall–Kier alpha value is -3.17. The molecular weight excluding hydrogens is 426 g/mol. The highest BCUT2D eigenvalue weighted by Crippen LogP contribution is 2.29. The summed E-state index contributed by atoms with van der Waals surface area (Å²) in [6.45, 7) is 1.51. The SMILES string of the molecule is COc1ccc(-c2nnc(SCc3nnc(-c4ccccc4)o3)n2C[C@H]2CCCO2)cc1. The number of benzene rings is 2. The lowest BCUT2D eigenvalue weighted by molar-refractivity contribution is 0.0953. The lowest BCUT2D eigenvalue weighted by Crippen LogP contribution is -2.16. The highest BCUT2D eigenvalue weighted by molar-refractivity contribution is 7.98. The van der Waals surface area contributed by atoms with E-state index in [4.69, 9.17) is 13.9 Å². The fourth-order valence-electron chi connectivity index (χ4n) is 3.64. The van der Waals surface area contributed by atoms with Crippen molar-refractivity contribution >= 4 is 11.8 Å². The van der Waals surface area contributed by atoms with Gasteiger partial charge in [0.15, 0.2) is 11.0 Å². The molecule has 2 aromatic heterocycles. The number of thioether (sulfide) groups is 1. The maximum absolute atomic E-state index is 5.88. The van der Waals surface area contributed by atoms with Gasteiger partial charge in [-0.25, -0.2) is 0 Å². The first-order valence-electron chi connectivity index (χ1n) is 10.5. The molecule has 4 aromatic rings. The predicted octanol–water partition coefficient (Wildman–Crippen LogP) is 4.48. The molecule has 164 valence electrons. The van der Waals surface area contributed by atoms with Crippen LogP contribution in [0.25, 0.3) is 22.8 Å². The monoisotopic (exact) mass is 449 g/mol. The van der Waals surface area contributed by atoms with Crippen molar-refractivity contribution in [3.8, 4) is 28.6 Å². The lowest BCUT2D eigenvalue weighted by atomic mass is 10.2. The van der Waals surface area contributed by atoms with E-state index in [1.165, 1.54) is 11.8 Å². The zero-order valence-corrected chi connectivity index (χ0v) is 18.5. The Balaban J connectivity index is 1.37. The van der Waals surface area contributed by atoms with Crippen LogP contribution in [-0.2, 0) is 17.0 Å². The van der Waals surface area contributed by atoms with Crippen LogP contribution in [0.2, 0.25) is 0 Å². The van der Waals surface area contributed by atoms with Crippen molar-refractivity contribution in [3.63, 3.8) is 0 Å². The molecule has 1 aliphatic rings. The third-order valence-electron chi connectivity index (χ3n) is 5.29. The number of ether oxygens (including phenoxy) is 2. The second-order valence-electron chi connectivity index (χ2n) is 7.44. The zero-order chi connectivity index (χ0) is 21.8. The number of hydrogen-bond acceptors (Lipinski definition) is 8. The number of nitrogens with zero attached hydrogens (tertiary/aromatic N) is 5. The first kappa shape index (κ1) is 20.7. The van der Waals surface area contributed by atoms with Crippen molar-refractivity contribution < 1.29 is 13.9 Å². The normalized spacial score (nSPS) is 15.8. The molecule has 0 amide bonds. The van der Waals surface area contributed by atoms with Crippen molar-refractivity contribution in [2.24, 2.45) is 0 Å². The van der Waals surface area contributed by atoms with Crippen molar-refractivity contribution in [1.29, 1.82) is 0 Å². The molecule has 0 bridgehead atoms. The van der Waals surface area contributed by atoms with E-state index in [2.05, 4.69) is 25.0 Å². The maximum Gasteiger partial charge on any atom is 0.247 e. The van der Waals surface area contributed by atoms with Gasteiger partial charge in [-0.05, 0) is 49.2 Å². The molecular formula is C23H23N5O3S. The summed E-state index contributed by atoms with van der Waals surface area (Å²) in [7, 11) is 1.66. The molecule has 8 nitrogen and oxygen atoms in total. The molecule has 9 heteroatoms. The Kier molecular flexibility index (Phi) is 6.17. The minimum atomic E-state index is 0.162. The third-order valence-corrected chi connectivity index (χ3v) is 6.24. The fraction of sp³-hybridized carbons (Fsp3) is 0.304. The van der Waals surface area contributed by atoms with Gasteiger partial charge in [0, 0.05) is 17.7 Å². The number of hydrogen-bond donors (Lipinski definition) is 0. The molecule has 1 aliphatic heterocycles. The van der Waals surface area contributed by atoms with Crippen molar-refractivity contribution in [1.82, 2.24) is 25.0 Å². The van der Waals surface area contributed by atoms with Crippen molar-refractivity contribution in [3.05, 3.63) is 60.5 Å². The molecule has 0 aliphatic carbocycles. The van der Waals surface area contributed by atoms with E-state index in [1.807, 2.05) is 54.6 Å². The van der Waals surface area contributed by atoms with E-state index in [0.717, 1.165) is 47.3 Å². The largest absolute Gasteiger partial charge is 0.497 e. The highest BCUT2D eigenvalue weighted by Gasteiger charge is 2.22. The second kappa shape index (κ2) is 9.54. The molecule has 1 atom stereocenters. The zero-order valence-electron chi connectivity index (χ0n) is 17.7. The summed E-state index contributed by atoms with van der Waals surface area (Å²) in [5.41, 5.74) is 1.88. The predicted molar refractivity (Wildman–Crippen MR) is 120 cm³/mol. The topological polar surface area (TPSA) is 88.1 Å². The summed E-state index contributed by atoms with van der Waals surface area (Å²) >= 11 is 1.53. The Morgan fingerprint density at radius 1 is 1.00 bits per heavy atom. The molecule has 5 rings (SSSR count). The van der Waals surface area contributed by atoms with Crippen LogP contribution in [0.4, 0.5) is 0 Å². The molecule has 0 unspecified atom stereocenters. The molecule has 2 aromatic carbocycles. The summed E-state index contributed by atoms with van der Waals surface area (Å²) < 4.78 is 19.1. The summed E-state index contributed by atoms with van der Waals surface area (Å²) in [5.74, 6) is 3.18. The van der Waals surface area contributed by atoms with Crippen LogP contribution in [0.1, 0.15) is 18.7 Å². The quantitative estimate of drug-likeness (QED) is 0.364. The fourth-order valence-corrected chi connectivity index (χ4v) is 4.43. The van der Waals surface area contributed by atoms with Crippen LogP contribution in [0.15, 0.2) is 64.2 Å². The molecule has 0 radical (unpaired) electrons. The van der Waals surface area contributed by atoms with Gasteiger partial charge in [0.05, 0.1) is 25.5 Å². The summed E-state index contributed by atoms with van der Waals surface area (Å²) in [5, 5.41) is 18.1. The van der Waals surface area contributed by atoms with Gasteiger partial charge in [-0.15, -0.1) is 20.4 Å². The van der Waals surface area contributed by atoms with Gasteiger partial charge in [-0.2, -0.15) is 0 Å². The van der Waals surface area contributed by atoms with E-state index in [9.17, 15) is 0 Å². The molecule has 3 heterocycles. The van der Waals surface area contributed by atoms with E-state index >= 15 is 0 Å². The minimum Gasteiger partial charge on any atom is -0.497 e. The standard InChI is InChI=1S/C23H23N5O3S/c1-29-18-11-9-16(10-12-18)21-25-27-23(28(21)14-19-8-5-13-30-19)32-15-20-24-26-22(31-20)17-6-3-2-4-7-17/h2-4,6-7,9-12,19H,5,8,13-15H2,1H3/t19-/m1/s1. The second-order valence-corrected chi connectivity index (χ2v) is 8.38. The smallest absolute Gasteiger partial charge is 0.247 e. The summed E-state index contributed by atoms with van der Waals surface area (Å²) in [6, 6.07) is 17.6. The first-order chi connectivity index (χ1) is 15.8. The average molecular weight is 450 g/mol. The van der Waals surface area contributed by atoms with Crippen molar-refractivity contribution in [2.75, 3.05) is 13.7 Å². The first-order valence-corrected chi connectivity index (χ1v) is 11.5. The molecule has 32 heavy (non-hydrogen) atoms. The molecule has 0 spiro atoms. The minimum absolute atomic E-state index is 0.162. The average Bonchev–Trinajstić information content (AvgIpc) is 3.61. The van der Waals surface area contributed by atoms with E-state index < -0.39 is 0 Å². The molecule has 0 saturated carbocycles. The Morgan fingerprint density at radius 3 is 2.59 bits per heavy atom. The van der Waals surface area contributed by atoms with Gasteiger partial charge in [-0.1, -0.05) is 30.0 Å². The van der Waals surface area contributed by atoms with Gasteiger partial charge in [0.2, 0.25) is 11.8 Å². The van der Waals surface area contributed by atoms with E-state index in [0.29, 0.717) is 24.1 Å². The van der Waals surface area contributed by atoms with Crippen LogP contribution < -0.4 is 4.74 Å². The van der Waals surface area contributed by atoms with Gasteiger partial charge in [0.1, 0.15) is 5.75 Å². The highest BCUT2D eigenvalue weighted by atomic mass is 32.2. The molecule has 0 N–H and O–H groups in total. The van der Waals surface area contributed by atoms with Crippen LogP contribution in [0.5, 0.6) is 5.75 Å². The van der Waals surface area contributed by atoms with Gasteiger partial charge in [-0.3, -0.25) is 4.57 Å². The summed E-state index contributed by atoms with van der Waals surface area (Å²) in [6.07, 6.45) is 2.28. The molecule has 1 fully saturated rings. The van der Waals surface area contributed by atoms with Gasteiger partial charge < -0.3 is 13.9 Å². The summed E-state index contributed by atoms with van der Waals surface area (Å²) in [4.78, 5) is 0. The number of rotatable bonds is 8. The number of methoxy groups -OCH3 is 1. The maximum atomic E-state index is 5.88. The van der Waals surface area contributed by atoms with E-state index in [-0.39, 0.29) is 6.10 Å². The van der Waals surface area contributed by atoms with Gasteiger partial charge in [0.25, 0.3) is 0 Å². The van der Waals surface area contributed by atoms with Gasteiger partial charge >= 0.3 is 0 Å². The van der Waals surface area contributed by atoms with Crippen LogP contribution in [0.3, 0.4) is 0 Å². The lowest BCUT2D eigenvalue weighted by Gasteiger charge is -2.14. The number of aromatic nitrogens is 5. The van der Waals surface area contributed by atoms with Crippen LogP contribution in [0, 0.1) is 0 Å². The Bertz CT molecular complexity index is 1150.